The fraction of sp³-hybridized carbons (Fsp3) is 0.435. The van der Waals surface area contributed by atoms with Gasteiger partial charge in [0.1, 0.15) is 12.4 Å². The van der Waals surface area contributed by atoms with Crippen molar-refractivity contribution < 1.29 is 14.2 Å². The Hall–Kier alpha value is -2.39. The van der Waals surface area contributed by atoms with Crippen LogP contribution in [0.5, 0.6) is 5.75 Å². The number of nitrogens with one attached hydrogen (secondary N) is 1. The number of hydrogen-bond donors (Lipinski definition) is 1. The molecule has 1 saturated heterocycles. The van der Waals surface area contributed by atoms with Crippen LogP contribution in [-0.4, -0.2) is 25.0 Å². The topological polar surface area (TPSA) is 63.5 Å². The zero-order chi connectivity index (χ0) is 19.2. The summed E-state index contributed by atoms with van der Waals surface area (Å²) < 4.78 is 17.5. The van der Waals surface area contributed by atoms with Gasteiger partial charge in [-0.15, -0.1) is 0 Å². The van der Waals surface area contributed by atoms with Crippen molar-refractivity contribution >= 4 is 0 Å². The highest BCUT2D eigenvalue weighted by atomic mass is 16.7. The largest absolute Gasteiger partial charge is 0.489 e. The van der Waals surface area contributed by atoms with Crippen molar-refractivity contribution in [3.63, 3.8) is 0 Å². The monoisotopic (exact) mass is 378 g/mol. The van der Waals surface area contributed by atoms with Gasteiger partial charge in [-0.1, -0.05) is 30.3 Å². The van der Waals surface area contributed by atoms with Crippen molar-refractivity contribution in [2.24, 2.45) is 0 Å². The number of nitrogens with zero attached hydrogens (tertiary/aromatic N) is 1. The Morgan fingerprint density at radius 2 is 1.86 bits per heavy atom. The predicted molar refractivity (Wildman–Crippen MR) is 106 cm³/mol. The van der Waals surface area contributed by atoms with Crippen LogP contribution in [0.3, 0.4) is 0 Å². The van der Waals surface area contributed by atoms with Crippen LogP contribution in [-0.2, 0) is 22.6 Å². The van der Waals surface area contributed by atoms with Crippen LogP contribution in [0.1, 0.15) is 42.4 Å². The zero-order valence-corrected chi connectivity index (χ0v) is 16.0. The molecule has 4 rings (SSSR count). The Labute approximate surface area is 166 Å². The first-order valence-corrected chi connectivity index (χ1v) is 9.97. The van der Waals surface area contributed by atoms with E-state index in [0.717, 1.165) is 56.8 Å². The summed E-state index contributed by atoms with van der Waals surface area (Å²) in [4.78, 5) is 0. The first kappa shape index (κ1) is 18.9. The molecule has 28 heavy (non-hydrogen) atoms. The van der Waals surface area contributed by atoms with Gasteiger partial charge in [0.2, 0.25) is 0 Å². The lowest BCUT2D eigenvalue weighted by Gasteiger charge is -2.35. The molecule has 0 aromatic heterocycles. The van der Waals surface area contributed by atoms with Crippen molar-refractivity contribution in [2.75, 3.05) is 13.2 Å². The average Bonchev–Trinajstić information content (AvgIpc) is 3.20. The van der Waals surface area contributed by atoms with E-state index in [-0.39, 0.29) is 5.79 Å². The molecule has 1 N–H and O–H groups in total. The van der Waals surface area contributed by atoms with Crippen molar-refractivity contribution in [1.82, 2.24) is 5.32 Å². The van der Waals surface area contributed by atoms with Gasteiger partial charge in [-0.05, 0) is 36.6 Å². The zero-order valence-electron chi connectivity index (χ0n) is 16.0. The van der Waals surface area contributed by atoms with E-state index >= 15 is 0 Å². The van der Waals surface area contributed by atoms with Crippen molar-refractivity contribution in [2.45, 2.75) is 50.7 Å². The lowest BCUT2D eigenvalue weighted by Crippen LogP contribution is -2.41. The third-order valence-corrected chi connectivity index (χ3v) is 5.59. The van der Waals surface area contributed by atoms with Crippen LogP contribution in [0.2, 0.25) is 0 Å². The number of benzene rings is 2. The molecule has 0 unspecified atom stereocenters. The quantitative estimate of drug-likeness (QED) is 0.826. The van der Waals surface area contributed by atoms with E-state index < -0.39 is 0 Å². The van der Waals surface area contributed by atoms with E-state index in [0.29, 0.717) is 18.2 Å². The van der Waals surface area contributed by atoms with Gasteiger partial charge in [-0.3, -0.25) is 0 Å². The SMILES string of the molecule is N#Cc1ccccc1COc1cccc(CNC2CCC3(CC2)OCCO3)c1. The van der Waals surface area contributed by atoms with Crippen molar-refractivity contribution in [3.05, 3.63) is 65.2 Å². The maximum atomic E-state index is 9.19. The third-order valence-electron chi connectivity index (χ3n) is 5.59. The van der Waals surface area contributed by atoms with Gasteiger partial charge in [0.05, 0.1) is 24.8 Å². The number of hydrogen-bond acceptors (Lipinski definition) is 5. The summed E-state index contributed by atoms with van der Waals surface area (Å²) in [7, 11) is 0. The second-order valence-corrected chi connectivity index (χ2v) is 7.47. The molecule has 5 heteroatoms. The molecular formula is C23H26N2O3. The van der Waals surface area contributed by atoms with Crippen molar-refractivity contribution in [3.8, 4) is 11.8 Å². The summed E-state index contributed by atoms with van der Waals surface area (Å²) in [5.74, 6) is 0.522. The van der Waals surface area contributed by atoms with Crippen molar-refractivity contribution in [1.29, 1.82) is 5.26 Å². The summed E-state index contributed by atoms with van der Waals surface area (Å²) in [5, 5.41) is 12.8. The fourth-order valence-electron chi connectivity index (χ4n) is 3.97. The van der Waals surface area contributed by atoms with Gasteiger partial charge >= 0.3 is 0 Å². The van der Waals surface area contributed by atoms with E-state index in [1.54, 1.807) is 0 Å². The molecule has 5 nitrogen and oxygen atoms in total. The Morgan fingerprint density at radius 1 is 1.07 bits per heavy atom. The molecule has 0 amide bonds. The molecule has 2 fully saturated rings. The normalized spacial score (nSPS) is 18.8. The molecule has 146 valence electrons. The molecule has 1 aliphatic carbocycles. The summed E-state index contributed by atoms with van der Waals surface area (Å²) in [6.45, 7) is 2.66. The summed E-state index contributed by atoms with van der Waals surface area (Å²) in [6.07, 6.45) is 4.07. The summed E-state index contributed by atoms with van der Waals surface area (Å²) in [6, 6.07) is 18.4. The molecule has 1 saturated carbocycles. The number of rotatable bonds is 6. The standard InChI is InChI=1S/C23H26N2O3/c24-15-19-5-1-2-6-20(19)17-26-22-7-3-4-18(14-22)16-25-21-8-10-23(11-9-21)27-12-13-28-23/h1-7,14,21,25H,8-13,16-17H2. The first-order valence-electron chi connectivity index (χ1n) is 9.97. The van der Waals surface area contributed by atoms with E-state index in [4.69, 9.17) is 14.2 Å². The van der Waals surface area contributed by atoms with Gasteiger partial charge in [0.25, 0.3) is 0 Å². The van der Waals surface area contributed by atoms with Gasteiger partial charge in [-0.25, -0.2) is 0 Å². The lowest BCUT2D eigenvalue weighted by atomic mass is 9.90. The third kappa shape index (κ3) is 4.53. The molecule has 1 spiro atoms. The minimum Gasteiger partial charge on any atom is -0.489 e. The maximum absolute atomic E-state index is 9.19. The molecule has 2 aliphatic rings. The molecule has 0 bridgehead atoms. The Bertz CT molecular complexity index is 830. The molecular weight excluding hydrogens is 352 g/mol. The maximum Gasteiger partial charge on any atom is 0.168 e. The fourth-order valence-corrected chi connectivity index (χ4v) is 3.97. The highest BCUT2D eigenvalue weighted by Crippen LogP contribution is 2.35. The smallest absolute Gasteiger partial charge is 0.168 e. The first-order chi connectivity index (χ1) is 13.8. The molecule has 1 heterocycles. The summed E-state index contributed by atoms with van der Waals surface area (Å²) in [5.41, 5.74) is 2.76. The Balaban J connectivity index is 1.28. The molecule has 0 radical (unpaired) electrons. The number of ether oxygens (including phenoxy) is 3. The van der Waals surface area contributed by atoms with Gasteiger partial charge in [0, 0.05) is 31.0 Å². The van der Waals surface area contributed by atoms with Crippen LogP contribution in [0.4, 0.5) is 0 Å². The highest BCUT2D eigenvalue weighted by Gasteiger charge is 2.40. The Kier molecular flexibility index (Phi) is 5.92. The van der Waals surface area contributed by atoms with E-state index in [2.05, 4.69) is 23.5 Å². The van der Waals surface area contributed by atoms with Gasteiger partial charge in [0.15, 0.2) is 5.79 Å². The number of nitriles is 1. The predicted octanol–water partition coefficient (Wildman–Crippen LogP) is 3.91. The second-order valence-electron chi connectivity index (χ2n) is 7.47. The molecule has 2 aromatic rings. The lowest BCUT2D eigenvalue weighted by molar-refractivity contribution is -0.179. The van der Waals surface area contributed by atoms with Gasteiger partial charge in [-0.2, -0.15) is 5.26 Å². The molecule has 0 atom stereocenters. The van der Waals surface area contributed by atoms with Crippen LogP contribution in [0.25, 0.3) is 0 Å². The van der Waals surface area contributed by atoms with Gasteiger partial charge < -0.3 is 19.5 Å². The van der Waals surface area contributed by atoms with Crippen LogP contribution in [0, 0.1) is 11.3 Å². The summed E-state index contributed by atoms with van der Waals surface area (Å²) >= 11 is 0. The minimum atomic E-state index is -0.300. The average molecular weight is 378 g/mol. The van der Waals surface area contributed by atoms with E-state index in [1.807, 2.05) is 36.4 Å². The second kappa shape index (κ2) is 8.74. The Morgan fingerprint density at radius 3 is 2.64 bits per heavy atom. The van der Waals surface area contributed by atoms with Crippen LogP contribution >= 0.6 is 0 Å². The van der Waals surface area contributed by atoms with Crippen LogP contribution in [0.15, 0.2) is 48.5 Å². The van der Waals surface area contributed by atoms with Crippen LogP contribution < -0.4 is 10.1 Å². The minimum absolute atomic E-state index is 0.300. The van der Waals surface area contributed by atoms with E-state index in [1.165, 1.54) is 5.56 Å². The highest BCUT2D eigenvalue weighted by molar-refractivity contribution is 5.37. The molecule has 2 aromatic carbocycles. The molecule has 1 aliphatic heterocycles. The van der Waals surface area contributed by atoms with E-state index in [9.17, 15) is 5.26 Å².